The van der Waals surface area contributed by atoms with E-state index in [0.717, 1.165) is 19.0 Å². The summed E-state index contributed by atoms with van der Waals surface area (Å²) in [5, 5.41) is 3.61. The van der Waals surface area contributed by atoms with Gasteiger partial charge in [0.1, 0.15) is 0 Å². The number of pyridine rings is 1. The molecule has 0 aromatic carbocycles. The van der Waals surface area contributed by atoms with Gasteiger partial charge in [-0.3, -0.25) is 4.98 Å². The van der Waals surface area contributed by atoms with Crippen LogP contribution < -0.4 is 5.32 Å². The Kier molecular flexibility index (Phi) is 5.62. The van der Waals surface area contributed by atoms with Gasteiger partial charge in [0.2, 0.25) is 0 Å². The Balaban J connectivity index is 1.61. The van der Waals surface area contributed by atoms with Crippen LogP contribution in [-0.4, -0.2) is 42.6 Å². The number of hydrogen-bond acceptors (Lipinski definition) is 3. The van der Waals surface area contributed by atoms with Crippen LogP contribution in [0.3, 0.4) is 0 Å². The van der Waals surface area contributed by atoms with Crippen molar-refractivity contribution in [2.24, 2.45) is 0 Å². The van der Waals surface area contributed by atoms with Gasteiger partial charge >= 0.3 is 0 Å². The second-order valence-electron chi connectivity index (χ2n) is 5.34. The first-order valence-corrected chi connectivity index (χ1v) is 7.15. The summed E-state index contributed by atoms with van der Waals surface area (Å²) >= 11 is 0. The zero-order chi connectivity index (χ0) is 12.6. The quantitative estimate of drug-likeness (QED) is 0.834. The van der Waals surface area contributed by atoms with E-state index in [1.807, 2.05) is 12.4 Å². The van der Waals surface area contributed by atoms with Gasteiger partial charge in [-0.15, -0.1) is 0 Å². The number of nitrogens with one attached hydrogen (secondary N) is 1. The Morgan fingerprint density at radius 1 is 1.28 bits per heavy atom. The van der Waals surface area contributed by atoms with Crippen LogP contribution in [0.5, 0.6) is 0 Å². The molecule has 1 saturated heterocycles. The summed E-state index contributed by atoms with van der Waals surface area (Å²) in [7, 11) is 2.23. The van der Waals surface area contributed by atoms with Gasteiger partial charge < -0.3 is 10.2 Å². The van der Waals surface area contributed by atoms with Crippen LogP contribution in [0.2, 0.25) is 0 Å². The van der Waals surface area contributed by atoms with Gasteiger partial charge in [0, 0.05) is 25.0 Å². The average molecular weight is 247 g/mol. The summed E-state index contributed by atoms with van der Waals surface area (Å²) in [4.78, 5) is 6.49. The van der Waals surface area contributed by atoms with Gasteiger partial charge in [-0.2, -0.15) is 0 Å². The number of likely N-dealkylation sites (N-methyl/N-ethyl adjacent to an activating group) is 1. The fraction of sp³-hybridized carbons (Fsp3) is 0.667. The van der Waals surface area contributed by atoms with Gasteiger partial charge in [-0.05, 0) is 63.5 Å². The maximum absolute atomic E-state index is 4.05. The summed E-state index contributed by atoms with van der Waals surface area (Å²) in [5.41, 5.74) is 1.38. The van der Waals surface area contributed by atoms with Crippen molar-refractivity contribution in [1.29, 1.82) is 0 Å². The molecule has 1 aromatic rings. The molecule has 1 atom stereocenters. The van der Waals surface area contributed by atoms with E-state index < -0.39 is 0 Å². The normalized spacial score (nSPS) is 20.2. The Bertz CT molecular complexity index is 320. The molecule has 3 heteroatoms. The molecule has 0 bridgehead atoms. The van der Waals surface area contributed by atoms with Gasteiger partial charge in [-0.25, -0.2) is 0 Å². The molecule has 18 heavy (non-hydrogen) atoms. The third-order valence-electron chi connectivity index (χ3n) is 3.80. The van der Waals surface area contributed by atoms with Crippen molar-refractivity contribution in [2.75, 3.05) is 26.7 Å². The van der Waals surface area contributed by atoms with E-state index in [4.69, 9.17) is 0 Å². The molecule has 0 saturated carbocycles. The van der Waals surface area contributed by atoms with E-state index in [2.05, 4.69) is 34.4 Å². The van der Waals surface area contributed by atoms with E-state index in [1.54, 1.807) is 0 Å². The molecule has 0 amide bonds. The molecule has 1 aliphatic heterocycles. The second kappa shape index (κ2) is 7.49. The first-order valence-electron chi connectivity index (χ1n) is 7.15. The number of hydrogen-bond donors (Lipinski definition) is 1. The summed E-state index contributed by atoms with van der Waals surface area (Å²) in [6.45, 7) is 3.55. The molecule has 0 spiro atoms. The smallest absolute Gasteiger partial charge is 0.0270 e. The molecular formula is C15H25N3. The molecule has 2 heterocycles. The van der Waals surface area contributed by atoms with Crippen LogP contribution in [0, 0.1) is 0 Å². The molecule has 1 aliphatic rings. The van der Waals surface area contributed by atoms with Crippen molar-refractivity contribution in [3.8, 4) is 0 Å². The Morgan fingerprint density at radius 2 is 2.11 bits per heavy atom. The van der Waals surface area contributed by atoms with Crippen LogP contribution in [0.25, 0.3) is 0 Å². The number of aromatic nitrogens is 1. The molecule has 3 nitrogen and oxygen atoms in total. The van der Waals surface area contributed by atoms with Gasteiger partial charge in [0.25, 0.3) is 0 Å². The zero-order valence-electron chi connectivity index (χ0n) is 11.4. The molecule has 1 fully saturated rings. The van der Waals surface area contributed by atoms with Gasteiger partial charge in [0.05, 0.1) is 0 Å². The van der Waals surface area contributed by atoms with Gasteiger partial charge in [-0.1, -0.05) is 6.42 Å². The lowest BCUT2D eigenvalue weighted by Crippen LogP contribution is -2.37. The highest BCUT2D eigenvalue weighted by Crippen LogP contribution is 2.10. The monoisotopic (exact) mass is 247 g/mol. The molecule has 1 aromatic heterocycles. The van der Waals surface area contributed by atoms with Crippen LogP contribution >= 0.6 is 0 Å². The predicted octanol–water partition coefficient (Wildman–Crippen LogP) is 2.09. The lowest BCUT2D eigenvalue weighted by molar-refractivity contribution is 0.290. The van der Waals surface area contributed by atoms with Crippen LogP contribution in [0.4, 0.5) is 0 Å². The SMILES string of the molecule is CN(CCc1ccncc1)CCC1CCCCN1. The number of piperidine rings is 1. The zero-order valence-corrected chi connectivity index (χ0v) is 11.4. The molecule has 1 N–H and O–H groups in total. The van der Waals surface area contributed by atoms with Crippen LogP contribution in [-0.2, 0) is 6.42 Å². The Labute approximate surface area is 111 Å². The van der Waals surface area contributed by atoms with E-state index in [1.165, 1.54) is 44.3 Å². The minimum absolute atomic E-state index is 0.752. The summed E-state index contributed by atoms with van der Waals surface area (Å²) in [6.07, 6.45) is 10.3. The van der Waals surface area contributed by atoms with Crippen molar-refractivity contribution in [1.82, 2.24) is 15.2 Å². The van der Waals surface area contributed by atoms with E-state index >= 15 is 0 Å². The molecule has 100 valence electrons. The molecule has 2 rings (SSSR count). The highest BCUT2D eigenvalue weighted by atomic mass is 15.1. The molecule has 0 radical (unpaired) electrons. The summed E-state index contributed by atoms with van der Waals surface area (Å²) < 4.78 is 0. The standard InChI is InChI=1S/C15H25N3/c1-18(12-7-14-5-10-16-11-6-14)13-8-15-4-2-3-9-17-15/h5-6,10-11,15,17H,2-4,7-9,12-13H2,1H3. The number of rotatable bonds is 6. The first kappa shape index (κ1) is 13.5. The Morgan fingerprint density at radius 3 is 2.83 bits per heavy atom. The fourth-order valence-corrected chi connectivity index (χ4v) is 2.53. The fourth-order valence-electron chi connectivity index (χ4n) is 2.53. The lowest BCUT2D eigenvalue weighted by Gasteiger charge is -2.26. The van der Waals surface area contributed by atoms with E-state index in [-0.39, 0.29) is 0 Å². The second-order valence-corrected chi connectivity index (χ2v) is 5.34. The predicted molar refractivity (Wildman–Crippen MR) is 75.7 cm³/mol. The third kappa shape index (κ3) is 4.75. The maximum Gasteiger partial charge on any atom is 0.0270 e. The minimum atomic E-state index is 0.752. The minimum Gasteiger partial charge on any atom is -0.314 e. The highest BCUT2D eigenvalue weighted by Gasteiger charge is 2.12. The van der Waals surface area contributed by atoms with E-state index in [9.17, 15) is 0 Å². The summed E-state index contributed by atoms with van der Waals surface area (Å²) in [6, 6.07) is 4.97. The van der Waals surface area contributed by atoms with Crippen LogP contribution in [0.15, 0.2) is 24.5 Å². The highest BCUT2D eigenvalue weighted by molar-refractivity contribution is 5.09. The van der Waals surface area contributed by atoms with E-state index in [0.29, 0.717) is 0 Å². The summed E-state index contributed by atoms with van der Waals surface area (Å²) in [5.74, 6) is 0. The maximum atomic E-state index is 4.05. The van der Waals surface area contributed by atoms with Crippen molar-refractivity contribution in [2.45, 2.75) is 38.1 Å². The van der Waals surface area contributed by atoms with Crippen LogP contribution in [0.1, 0.15) is 31.2 Å². The third-order valence-corrected chi connectivity index (χ3v) is 3.80. The Hall–Kier alpha value is -0.930. The van der Waals surface area contributed by atoms with Crippen molar-refractivity contribution in [3.05, 3.63) is 30.1 Å². The van der Waals surface area contributed by atoms with Crippen molar-refractivity contribution < 1.29 is 0 Å². The van der Waals surface area contributed by atoms with Crippen molar-refractivity contribution in [3.63, 3.8) is 0 Å². The first-order chi connectivity index (χ1) is 8.84. The average Bonchev–Trinajstić information content (AvgIpc) is 2.45. The topological polar surface area (TPSA) is 28.2 Å². The van der Waals surface area contributed by atoms with Gasteiger partial charge in [0.15, 0.2) is 0 Å². The largest absolute Gasteiger partial charge is 0.314 e. The molecule has 1 unspecified atom stereocenters. The van der Waals surface area contributed by atoms with Crippen molar-refractivity contribution >= 4 is 0 Å². The molecular weight excluding hydrogens is 222 g/mol. The molecule has 0 aliphatic carbocycles. The number of nitrogens with zero attached hydrogens (tertiary/aromatic N) is 2. The lowest BCUT2D eigenvalue weighted by atomic mass is 10.0.